The van der Waals surface area contributed by atoms with Crippen molar-refractivity contribution in [2.45, 2.75) is 25.5 Å². The van der Waals surface area contributed by atoms with E-state index in [9.17, 15) is 18.0 Å². The van der Waals surface area contributed by atoms with Gasteiger partial charge in [0.25, 0.3) is 5.91 Å². The number of halogens is 1. The maximum Gasteiger partial charge on any atom is 0.253 e. The lowest BCUT2D eigenvalue weighted by molar-refractivity contribution is -0.117. The highest BCUT2D eigenvalue weighted by molar-refractivity contribution is 8.14. The fourth-order valence-electron chi connectivity index (χ4n) is 2.59. The summed E-state index contributed by atoms with van der Waals surface area (Å²) in [7, 11) is 1.57. The molecule has 1 aromatic carbocycles. The molecule has 1 heterocycles. The predicted molar refractivity (Wildman–Crippen MR) is 89.2 cm³/mol. The van der Waals surface area contributed by atoms with Gasteiger partial charge in [0.2, 0.25) is 15.0 Å². The molecule has 0 radical (unpaired) electrons. The van der Waals surface area contributed by atoms with Crippen molar-refractivity contribution in [2.75, 3.05) is 24.5 Å². The van der Waals surface area contributed by atoms with Gasteiger partial charge in [0.1, 0.15) is 5.25 Å². The molecule has 6 nitrogen and oxygen atoms in total. The number of benzene rings is 1. The van der Waals surface area contributed by atoms with Crippen LogP contribution in [0.15, 0.2) is 24.3 Å². The molecule has 0 aromatic heterocycles. The van der Waals surface area contributed by atoms with Crippen LogP contribution in [0.4, 0.5) is 5.69 Å². The Bertz CT molecular complexity index is 699. The lowest BCUT2D eigenvalue weighted by Crippen LogP contribution is -2.30. The third kappa shape index (κ3) is 3.84. The van der Waals surface area contributed by atoms with E-state index < -0.39 is 14.3 Å². The molecular weight excluding hydrogens is 340 g/mol. The standard InChI is InChI=1S/C15H19ClN2O4S/c1-3-17(4-2)15(20)11-5-7-12(8-6-11)18-10-13(9-14(18)19)23(16,21)22/h5-8,13H,3-4,9-10H2,1-2H3. The Morgan fingerprint density at radius 1 is 1.26 bits per heavy atom. The lowest BCUT2D eigenvalue weighted by Gasteiger charge is -2.20. The van der Waals surface area contributed by atoms with Crippen LogP contribution >= 0.6 is 10.7 Å². The molecule has 1 fully saturated rings. The quantitative estimate of drug-likeness (QED) is 0.753. The summed E-state index contributed by atoms with van der Waals surface area (Å²) in [4.78, 5) is 27.3. The largest absolute Gasteiger partial charge is 0.339 e. The molecule has 0 saturated carbocycles. The second-order valence-corrected chi connectivity index (χ2v) is 8.24. The van der Waals surface area contributed by atoms with Gasteiger partial charge in [-0.3, -0.25) is 9.59 Å². The van der Waals surface area contributed by atoms with Gasteiger partial charge < -0.3 is 9.80 Å². The van der Waals surface area contributed by atoms with Crippen LogP contribution in [0.25, 0.3) is 0 Å². The lowest BCUT2D eigenvalue weighted by atomic mass is 10.1. The first kappa shape index (κ1) is 17.7. The Balaban J connectivity index is 2.17. The number of amides is 2. The van der Waals surface area contributed by atoms with Crippen LogP contribution in [0.2, 0.25) is 0 Å². The molecule has 8 heteroatoms. The topological polar surface area (TPSA) is 74.8 Å². The highest BCUT2D eigenvalue weighted by atomic mass is 35.7. The average molecular weight is 359 g/mol. The van der Waals surface area contributed by atoms with Crippen LogP contribution < -0.4 is 4.90 Å². The molecule has 1 aliphatic rings. The molecule has 2 rings (SSSR count). The highest BCUT2D eigenvalue weighted by Gasteiger charge is 2.37. The number of carbonyl (C=O) groups is 2. The van der Waals surface area contributed by atoms with Gasteiger partial charge in [0.05, 0.1) is 0 Å². The first-order valence-electron chi connectivity index (χ1n) is 7.41. The van der Waals surface area contributed by atoms with Gasteiger partial charge in [-0.05, 0) is 38.1 Å². The van der Waals surface area contributed by atoms with Crippen molar-refractivity contribution in [1.29, 1.82) is 0 Å². The third-order valence-electron chi connectivity index (χ3n) is 3.96. The normalized spacial score (nSPS) is 18.3. The minimum Gasteiger partial charge on any atom is -0.339 e. The summed E-state index contributed by atoms with van der Waals surface area (Å²) in [6, 6.07) is 6.59. The molecule has 1 aromatic rings. The zero-order chi connectivity index (χ0) is 17.2. The summed E-state index contributed by atoms with van der Waals surface area (Å²) in [5.74, 6) is -0.363. The number of nitrogens with zero attached hydrogens (tertiary/aromatic N) is 2. The first-order valence-corrected chi connectivity index (χ1v) is 9.78. The molecule has 0 bridgehead atoms. The van der Waals surface area contributed by atoms with Crippen LogP contribution in [0.3, 0.4) is 0 Å². The third-order valence-corrected chi connectivity index (χ3v) is 5.83. The SMILES string of the molecule is CCN(CC)C(=O)c1ccc(N2CC(S(=O)(=O)Cl)CC2=O)cc1. The molecule has 1 atom stereocenters. The first-order chi connectivity index (χ1) is 10.8. The highest BCUT2D eigenvalue weighted by Crippen LogP contribution is 2.27. The molecular formula is C15H19ClN2O4S. The maximum atomic E-state index is 12.2. The fourth-order valence-corrected chi connectivity index (χ4v) is 3.62. The van der Waals surface area contributed by atoms with Crippen LogP contribution in [-0.4, -0.2) is 50.0 Å². The van der Waals surface area contributed by atoms with Crippen molar-refractivity contribution in [3.8, 4) is 0 Å². The van der Waals surface area contributed by atoms with Gasteiger partial charge >= 0.3 is 0 Å². The van der Waals surface area contributed by atoms with Crippen LogP contribution in [0, 0.1) is 0 Å². The monoisotopic (exact) mass is 358 g/mol. The molecule has 126 valence electrons. The average Bonchev–Trinajstić information content (AvgIpc) is 2.90. The molecule has 0 N–H and O–H groups in total. The Hall–Kier alpha value is -1.60. The van der Waals surface area contributed by atoms with Gasteiger partial charge in [0.15, 0.2) is 0 Å². The Kier molecular flexibility index (Phi) is 5.31. The summed E-state index contributed by atoms with van der Waals surface area (Å²) >= 11 is 0. The van der Waals surface area contributed by atoms with Crippen molar-refractivity contribution in [1.82, 2.24) is 4.90 Å². The minimum atomic E-state index is -3.77. The van der Waals surface area contributed by atoms with E-state index in [2.05, 4.69) is 0 Å². The molecule has 0 spiro atoms. The number of rotatable bonds is 5. The van der Waals surface area contributed by atoms with Crippen molar-refractivity contribution in [2.24, 2.45) is 0 Å². The molecule has 2 amide bonds. The number of anilines is 1. The second-order valence-electron chi connectivity index (χ2n) is 5.33. The predicted octanol–water partition coefficient (Wildman–Crippen LogP) is 1.84. The van der Waals surface area contributed by atoms with E-state index in [1.165, 1.54) is 4.90 Å². The zero-order valence-corrected chi connectivity index (χ0v) is 14.6. The fraction of sp³-hybridized carbons (Fsp3) is 0.467. The minimum absolute atomic E-state index is 0.0357. The molecule has 1 aliphatic heterocycles. The Morgan fingerprint density at radius 3 is 2.26 bits per heavy atom. The van der Waals surface area contributed by atoms with E-state index in [0.717, 1.165) is 0 Å². The summed E-state index contributed by atoms with van der Waals surface area (Å²) in [6.07, 6.45) is -0.119. The smallest absolute Gasteiger partial charge is 0.253 e. The van der Waals surface area contributed by atoms with Crippen molar-refractivity contribution < 1.29 is 18.0 Å². The van der Waals surface area contributed by atoms with Crippen molar-refractivity contribution in [3.05, 3.63) is 29.8 Å². The molecule has 23 heavy (non-hydrogen) atoms. The van der Waals surface area contributed by atoms with E-state index >= 15 is 0 Å². The van der Waals surface area contributed by atoms with E-state index in [-0.39, 0.29) is 24.8 Å². The Labute approximate surface area is 140 Å². The van der Waals surface area contributed by atoms with Crippen LogP contribution in [-0.2, 0) is 13.8 Å². The van der Waals surface area contributed by atoms with Gasteiger partial charge in [-0.25, -0.2) is 8.42 Å². The van der Waals surface area contributed by atoms with E-state index in [1.54, 1.807) is 29.2 Å². The van der Waals surface area contributed by atoms with E-state index in [4.69, 9.17) is 10.7 Å². The van der Waals surface area contributed by atoms with Gasteiger partial charge in [0, 0.05) is 48.0 Å². The number of hydrogen-bond acceptors (Lipinski definition) is 4. The number of carbonyl (C=O) groups excluding carboxylic acids is 2. The van der Waals surface area contributed by atoms with E-state index in [0.29, 0.717) is 24.3 Å². The Morgan fingerprint density at radius 2 is 1.83 bits per heavy atom. The van der Waals surface area contributed by atoms with Gasteiger partial charge in [-0.1, -0.05) is 0 Å². The van der Waals surface area contributed by atoms with Crippen molar-refractivity contribution in [3.63, 3.8) is 0 Å². The molecule has 1 unspecified atom stereocenters. The van der Waals surface area contributed by atoms with Crippen LogP contribution in [0.1, 0.15) is 30.6 Å². The molecule has 1 saturated heterocycles. The summed E-state index contributed by atoms with van der Waals surface area (Å²) in [5.41, 5.74) is 1.10. The summed E-state index contributed by atoms with van der Waals surface area (Å²) < 4.78 is 22.8. The van der Waals surface area contributed by atoms with Gasteiger partial charge in [-0.2, -0.15) is 0 Å². The van der Waals surface area contributed by atoms with Crippen molar-refractivity contribution >= 4 is 37.2 Å². The zero-order valence-electron chi connectivity index (χ0n) is 13.0. The maximum absolute atomic E-state index is 12.2. The summed E-state index contributed by atoms with van der Waals surface area (Å²) in [6.45, 7) is 5.10. The second kappa shape index (κ2) is 6.88. The van der Waals surface area contributed by atoms with Crippen LogP contribution in [0.5, 0.6) is 0 Å². The summed E-state index contributed by atoms with van der Waals surface area (Å²) in [5, 5.41) is -0.895. The number of hydrogen-bond donors (Lipinski definition) is 0. The van der Waals surface area contributed by atoms with Gasteiger partial charge in [-0.15, -0.1) is 0 Å². The van der Waals surface area contributed by atoms with E-state index in [1.807, 2.05) is 13.8 Å². The molecule has 0 aliphatic carbocycles.